The topological polar surface area (TPSA) is 75.3 Å². The molecular weight excluding hydrogens is 376 g/mol. The molecule has 5 rings (SSSR count). The van der Waals surface area contributed by atoms with Crippen LogP contribution in [0.1, 0.15) is 11.1 Å². The maximum atomic E-state index is 6.00. The fourth-order valence-corrected chi connectivity index (χ4v) is 3.61. The van der Waals surface area contributed by atoms with Crippen molar-refractivity contribution in [3.8, 4) is 22.7 Å². The number of ether oxygens (including phenoxy) is 1. The number of nitrogens with two attached hydrogens (primary N) is 1. The summed E-state index contributed by atoms with van der Waals surface area (Å²) in [5, 5.41) is 9.22. The number of imidazole rings is 1. The first-order valence-electron chi connectivity index (χ1n) is 9.70. The Bertz CT molecular complexity index is 1330. The minimum Gasteiger partial charge on any atom is -0.497 e. The lowest BCUT2D eigenvalue weighted by molar-refractivity contribution is 0.414. The maximum absolute atomic E-state index is 6.00. The van der Waals surface area contributed by atoms with Gasteiger partial charge in [-0.25, -0.2) is 4.52 Å². The molecule has 0 unspecified atom stereocenters. The molecule has 0 aliphatic heterocycles. The Morgan fingerprint density at radius 1 is 1.03 bits per heavy atom. The Labute approximate surface area is 173 Å². The molecule has 0 bridgehead atoms. The van der Waals surface area contributed by atoms with Crippen molar-refractivity contribution in [2.75, 3.05) is 12.8 Å². The molecule has 0 aliphatic carbocycles. The summed E-state index contributed by atoms with van der Waals surface area (Å²) in [6.07, 6.45) is 7.81. The lowest BCUT2D eigenvalue weighted by Gasteiger charge is -2.08. The Balaban J connectivity index is 1.44. The van der Waals surface area contributed by atoms with E-state index in [1.54, 1.807) is 7.11 Å². The monoisotopic (exact) mass is 398 g/mol. The van der Waals surface area contributed by atoms with Gasteiger partial charge in [0.2, 0.25) is 0 Å². The van der Waals surface area contributed by atoms with Crippen LogP contribution in [0.4, 0.5) is 5.69 Å². The average Bonchev–Trinajstić information content (AvgIpc) is 3.46. The van der Waals surface area contributed by atoms with Crippen LogP contribution >= 0.6 is 0 Å². The summed E-state index contributed by atoms with van der Waals surface area (Å²) in [7, 11) is 1.67. The van der Waals surface area contributed by atoms with Crippen LogP contribution in [0.5, 0.6) is 5.75 Å². The number of rotatable bonds is 5. The average molecular weight is 398 g/mol. The second-order valence-corrected chi connectivity index (χ2v) is 7.32. The predicted octanol–water partition coefficient (Wildman–Crippen LogP) is 3.94. The van der Waals surface area contributed by atoms with Gasteiger partial charge in [-0.2, -0.15) is 10.2 Å². The molecule has 0 aliphatic rings. The molecule has 5 aromatic rings. The van der Waals surface area contributed by atoms with Gasteiger partial charge in [-0.15, -0.1) is 0 Å². The first-order chi connectivity index (χ1) is 14.6. The molecule has 2 aromatic carbocycles. The van der Waals surface area contributed by atoms with E-state index in [-0.39, 0.29) is 0 Å². The summed E-state index contributed by atoms with van der Waals surface area (Å²) in [5.74, 6) is 0.848. The van der Waals surface area contributed by atoms with E-state index in [0.29, 0.717) is 6.54 Å². The highest BCUT2D eigenvalue weighted by Crippen LogP contribution is 2.25. The van der Waals surface area contributed by atoms with Gasteiger partial charge in [0.05, 0.1) is 31.2 Å². The SMILES string of the molecule is COc1ccc(Cn2cc(-c3cc4n(-c5cc(N)ccc5C)ccn4n3)cn2)cc1. The molecule has 0 atom stereocenters. The van der Waals surface area contributed by atoms with E-state index >= 15 is 0 Å². The first kappa shape index (κ1) is 18.1. The summed E-state index contributed by atoms with van der Waals surface area (Å²) in [6.45, 7) is 2.76. The van der Waals surface area contributed by atoms with Crippen molar-refractivity contribution in [2.24, 2.45) is 0 Å². The lowest BCUT2D eigenvalue weighted by atomic mass is 10.2. The van der Waals surface area contributed by atoms with Crippen LogP contribution in [0, 0.1) is 6.92 Å². The lowest BCUT2D eigenvalue weighted by Crippen LogP contribution is -1.99. The number of hydrogen-bond donors (Lipinski definition) is 1. The van der Waals surface area contributed by atoms with Crippen molar-refractivity contribution in [2.45, 2.75) is 13.5 Å². The molecule has 3 aromatic heterocycles. The molecule has 0 spiro atoms. The summed E-state index contributed by atoms with van der Waals surface area (Å²) in [5.41, 5.74) is 12.9. The molecule has 7 heteroatoms. The number of aryl methyl sites for hydroxylation is 1. The highest BCUT2D eigenvalue weighted by molar-refractivity contribution is 5.66. The Morgan fingerprint density at radius 3 is 2.67 bits per heavy atom. The van der Waals surface area contributed by atoms with Gasteiger partial charge in [0.1, 0.15) is 11.4 Å². The molecule has 0 saturated carbocycles. The number of anilines is 1. The number of aromatic nitrogens is 5. The zero-order valence-electron chi connectivity index (χ0n) is 16.9. The van der Waals surface area contributed by atoms with Crippen LogP contribution in [0.25, 0.3) is 22.6 Å². The van der Waals surface area contributed by atoms with Crippen LogP contribution in [-0.2, 0) is 6.54 Å². The Hall–Kier alpha value is -4.00. The van der Waals surface area contributed by atoms with Gasteiger partial charge in [0, 0.05) is 35.9 Å². The van der Waals surface area contributed by atoms with Crippen LogP contribution < -0.4 is 10.5 Å². The van der Waals surface area contributed by atoms with Crippen molar-refractivity contribution >= 4 is 11.3 Å². The number of fused-ring (bicyclic) bond motifs is 1. The largest absolute Gasteiger partial charge is 0.497 e. The molecule has 0 amide bonds. The Kier molecular flexibility index (Phi) is 4.28. The highest BCUT2D eigenvalue weighted by atomic mass is 16.5. The number of benzene rings is 2. The van der Waals surface area contributed by atoms with Crippen molar-refractivity contribution in [1.29, 1.82) is 0 Å². The molecule has 7 nitrogen and oxygen atoms in total. The molecule has 2 N–H and O–H groups in total. The standard InChI is InChI=1S/C23H22N6O/c1-16-3-6-19(24)11-22(16)28-9-10-29-23(28)12-21(26-29)18-13-25-27(15-18)14-17-4-7-20(30-2)8-5-17/h3-13,15H,14,24H2,1-2H3. The fraction of sp³-hybridized carbons (Fsp3) is 0.130. The van der Waals surface area contributed by atoms with E-state index < -0.39 is 0 Å². The molecule has 0 saturated heterocycles. The smallest absolute Gasteiger partial charge is 0.140 e. The predicted molar refractivity (Wildman–Crippen MR) is 117 cm³/mol. The van der Waals surface area contributed by atoms with Crippen molar-refractivity contribution in [1.82, 2.24) is 24.0 Å². The van der Waals surface area contributed by atoms with Crippen molar-refractivity contribution < 1.29 is 4.74 Å². The van der Waals surface area contributed by atoms with Gasteiger partial charge >= 0.3 is 0 Å². The maximum Gasteiger partial charge on any atom is 0.140 e. The molecular formula is C23H22N6O. The third-order valence-corrected chi connectivity index (χ3v) is 5.25. The van der Waals surface area contributed by atoms with Gasteiger partial charge in [-0.1, -0.05) is 18.2 Å². The molecule has 3 heterocycles. The van der Waals surface area contributed by atoms with E-state index in [1.165, 1.54) is 0 Å². The van der Waals surface area contributed by atoms with Crippen LogP contribution in [0.3, 0.4) is 0 Å². The third kappa shape index (κ3) is 3.20. The van der Waals surface area contributed by atoms with Gasteiger partial charge < -0.3 is 10.5 Å². The molecule has 0 fully saturated rings. The summed E-state index contributed by atoms with van der Waals surface area (Å²) in [4.78, 5) is 0. The van der Waals surface area contributed by atoms with E-state index in [9.17, 15) is 0 Å². The van der Waals surface area contributed by atoms with Crippen molar-refractivity contribution in [3.63, 3.8) is 0 Å². The van der Waals surface area contributed by atoms with E-state index in [4.69, 9.17) is 15.6 Å². The Morgan fingerprint density at radius 2 is 1.87 bits per heavy atom. The zero-order chi connectivity index (χ0) is 20.7. The number of nitrogens with zero attached hydrogens (tertiary/aromatic N) is 5. The van der Waals surface area contributed by atoms with Crippen molar-refractivity contribution in [3.05, 3.63) is 84.4 Å². The second-order valence-electron chi connectivity index (χ2n) is 7.32. The highest BCUT2D eigenvalue weighted by Gasteiger charge is 2.12. The fourth-order valence-electron chi connectivity index (χ4n) is 3.61. The van der Waals surface area contributed by atoms with E-state index in [2.05, 4.69) is 22.7 Å². The molecule has 150 valence electrons. The number of methoxy groups -OCH3 is 1. The van der Waals surface area contributed by atoms with Crippen LogP contribution in [0.15, 0.2) is 73.3 Å². The summed E-state index contributed by atoms with van der Waals surface area (Å²) in [6, 6.07) is 16.0. The zero-order valence-corrected chi connectivity index (χ0v) is 16.9. The third-order valence-electron chi connectivity index (χ3n) is 5.25. The van der Waals surface area contributed by atoms with E-state index in [0.717, 1.165) is 45.2 Å². The van der Waals surface area contributed by atoms with Crippen LogP contribution in [-0.4, -0.2) is 31.1 Å². The minimum atomic E-state index is 0.687. The summed E-state index contributed by atoms with van der Waals surface area (Å²) < 4.78 is 11.1. The number of nitrogen functional groups attached to an aromatic ring is 1. The number of hydrogen-bond acceptors (Lipinski definition) is 4. The molecule has 30 heavy (non-hydrogen) atoms. The normalized spacial score (nSPS) is 11.3. The van der Waals surface area contributed by atoms with Gasteiger partial charge in [-0.3, -0.25) is 9.25 Å². The van der Waals surface area contributed by atoms with Gasteiger partial charge in [0.15, 0.2) is 0 Å². The van der Waals surface area contributed by atoms with E-state index in [1.807, 2.05) is 76.4 Å². The second kappa shape index (κ2) is 7.11. The van der Waals surface area contributed by atoms with Crippen LogP contribution in [0.2, 0.25) is 0 Å². The van der Waals surface area contributed by atoms with Gasteiger partial charge in [0.25, 0.3) is 0 Å². The molecule has 0 radical (unpaired) electrons. The minimum absolute atomic E-state index is 0.687. The quantitative estimate of drug-likeness (QED) is 0.455. The summed E-state index contributed by atoms with van der Waals surface area (Å²) >= 11 is 0. The first-order valence-corrected chi connectivity index (χ1v) is 9.70. The van der Waals surface area contributed by atoms with Gasteiger partial charge in [-0.05, 0) is 42.3 Å².